The number of benzene rings is 1. The van der Waals surface area contributed by atoms with Gasteiger partial charge in [-0.05, 0) is 25.5 Å². The monoisotopic (exact) mass is 316 g/mol. The number of hydrogen-bond acceptors (Lipinski definition) is 3. The second-order valence-electron chi connectivity index (χ2n) is 6.65. The summed E-state index contributed by atoms with van der Waals surface area (Å²) in [6.45, 7) is 4.29. The number of nitrogens with zero attached hydrogens (tertiary/aromatic N) is 1. The zero-order valence-corrected chi connectivity index (χ0v) is 14.1. The van der Waals surface area contributed by atoms with Crippen molar-refractivity contribution in [1.82, 2.24) is 10.2 Å². The molecule has 0 aromatic heterocycles. The summed E-state index contributed by atoms with van der Waals surface area (Å²) in [7, 11) is 0. The predicted molar refractivity (Wildman–Crippen MR) is 91.6 cm³/mol. The molecule has 1 N–H and O–H groups in total. The molecule has 0 radical (unpaired) electrons. The SMILES string of the molecule is CCN(CC(=O)NC1CCOc2ccccc21)C1CCCCC1. The summed E-state index contributed by atoms with van der Waals surface area (Å²) in [5.41, 5.74) is 1.10. The smallest absolute Gasteiger partial charge is 0.234 e. The Morgan fingerprint density at radius 1 is 1.22 bits per heavy atom. The molecular weight excluding hydrogens is 288 g/mol. The summed E-state index contributed by atoms with van der Waals surface area (Å²) in [6.07, 6.45) is 7.27. The summed E-state index contributed by atoms with van der Waals surface area (Å²) in [6, 6.07) is 8.68. The molecule has 126 valence electrons. The van der Waals surface area contributed by atoms with E-state index in [0.717, 1.165) is 24.3 Å². The van der Waals surface area contributed by atoms with E-state index in [4.69, 9.17) is 4.74 Å². The standard InChI is InChI=1S/C19H28N2O2/c1-2-21(15-8-4-3-5-9-15)14-19(22)20-17-12-13-23-18-11-7-6-10-16(17)18/h6-7,10-11,15,17H,2-5,8-9,12-14H2,1H3,(H,20,22). The van der Waals surface area contributed by atoms with Gasteiger partial charge in [0.15, 0.2) is 0 Å². The predicted octanol–water partition coefficient (Wildman–Crippen LogP) is 3.28. The van der Waals surface area contributed by atoms with Gasteiger partial charge < -0.3 is 10.1 Å². The fourth-order valence-electron chi connectivity index (χ4n) is 3.86. The molecule has 1 fully saturated rings. The Bertz CT molecular complexity index is 526. The van der Waals surface area contributed by atoms with Crippen molar-refractivity contribution in [2.45, 2.75) is 57.5 Å². The molecule has 0 spiro atoms. The number of nitrogens with one attached hydrogen (secondary N) is 1. The highest BCUT2D eigenvalue weighted by molar-refractivity contribution is 5.78. The van der Waals surface area contributed by atoms with E-state index in [1.807, 2.05) is 18.2 Å². The topological polar surface area (TPSA) is 41.6 Å². The highest BCUT2D eigenvalue weighted by atomic mass is 16.5. The van der Waals surface area contributed by atoms with Gasteiger partial charge in [0.1, 0.15) is 5.75 Å². The fraction of sp³-hybridized carbons (Fsp3) is 0.632. The average molecular weight is 316 g/mol. The Morgan fingerprint density at radius 2 is 2.00 bits per heavy atom. The molecule has 1 aliphatic carbocycles. The zero-order valence-electron chi connectivity index (χ0n) is 14.1. The van der Waals surface area contributed by atoms with Gasteiger partial charge in [0.2, 0.25) is 5.91 Å². The van der Waals surface area contributed by atoms with Crippen molar-refractivity contribution in [3.05, 3.63) is 29.8 Å². The van der Waals surface area contributed by atoms with Crippen LogP contribution in [0.25, 0.3) is 0 Å². The third-order valence-electron chi connectivity index (χ3n) is 5.14. The van der Waals surface area contributed by atoms with Crippen LogP contribution in [-0.4, -0.2) is 36.5 Å². The maximum Gasteiger partial charge on any atom is 0.234 e. The van der Waals surface area contributed by atoms with Gasteiger partial charge in [-0.1, -0.05) is 44.4 Å². The number of hydrogen-bond donors (Lipinski definition) is 1. The second kappa shape index (κ2) is 7.82. The summed E-state index contributed by atoms with van der Waals surface area (Å²) in [5, 5.41) is 3.22. The van der Waals surface area contributed by atoms with Crippen LogP contribution in [0.5, 0.6) is 5.75 Å². The van der Waals surface area contributed by atoms with Crippen molar-refractivity contribution < 1.29 is 9.53 Å². The van der Waals surface area contributed by atoms with Crippen molar-refractivity contribution in [2.24, 2.45) is 0 Å². The molecule has 1 amide bonds. The Hall–Kier alpha value is -1.55. The number of rotatable bonds is 5. The molecule has 1 aromatic carbocycles. The number of carbonyl (C=O) groups excluding carboxylic acids is 1. The maximum absolute atomic E-state index is 12.5. The number of ether oxygens (including phenoxy) is 1. The van der Waals surface area contributed by atoms with Gasteiger partial charge in [-0.2, -0.15) is 0 Å². The van der Waals surface area contributed by atoms with E-state index in [1.165, 1.54) is 32.1 Å². The lowest BCUT2D eigenvalue weighted by Gasteiger charge is -2.34. The number of fused-ring (bicyclic) bond motifs is 1. The minimum Gasteiger partial charge on any atom is -0.493 e. The van der Waals surface area contributed by atoms with E-state index in [1.54, 1.807) is 0 Å². The number of amides is 1. The van der Waals surface area contributed by atoms with E-state index in [2.05, 4.69) is 23.2 Å². The van der Waals surface area contributed by atoms with Crippen LogP contribution < -0.4 is 10.1 Å². The lowest BCUT2D eigenvalue weighted by Crippen LogP contribution is -2.45. The van der Waals surface area contributed by atoms with Crippen molar-refractivity contribution in [2.75, 3.05) is 19.7 Å². The van der Waals surface area contributed by atoms with Gasteiger partial charge in [-0.15, -0.1) is 0 Å². The molecule has 1 saturated carbocycles. The second-order valence-corrected chi connectivity index (χ2v) is 6.65. The molecule has 0 saturated heterocycles. The van der Waals surface area contributed by atoms with Crippen LogP contribution in [0.2, 0.25) is 0 Å². The molecule has 1 aromatic rings. The molecule has 1 atom stereocenters. The van der Waals surface area contributed by atoms with Gasteiger partial charge in [-0.3, -0.25) is 9.69 Å². The van der Waals surface area contributed by atoms with Gasteiger partial charge in [0, 0.05) is 18.0 Å². The van der Waals surface area contributed by atoms with Crippen molar-refractivity contribution in [3.8, 4) is 5.75 Å². The molecule has 3 rings (SSSR count). The van der Waals surface area contributed by atoms with Crippen LogP contribution in [0.4, 0.5) is 0 Å². The van der Waals surface area contributed by atoms with Crippen LogP contribution in [0.15, 0.2) is 24.3 Å². The van der Waals surface area contributed by atoms with Gasteiger partial charge >= 0.3 is 0 Å². The summed E-state index contributed by atoms with van der Waals surface area (Å²) in [5.74, 6) is 1.04. The fourth-order valence-corrected chi connectivity index (χ4v) is 3.86. The molecule has 2 aliphatic rings. The van der Waals surface area contributed by atoms with Crippen LogP contribution >= 0.6 is 0 Å². The van der Waals surface area contributed by atoms with Crippen LogP contribution in [0, 0.1) is 0 Å². The van der Waals surface area contributed by atoms with E-state index in [9.17, 15) is 4.79 Å². The van der Waals surface area contributed by atoms with Gasteiger partial charge in [0.25, 0.3) is 0 Å². The molecule has 1 unspecified atom stereocenters. The first kappa shape index (κ1) is 16.3. The van der Waals surface area contributed by atoms with Crippen LogP contribution in [-0.2, 0) is 4.79 Å². The molecule has 4 nitrogen and oxygen atoms in total. The summed E-state index contributed by atoms with van der Waals surface area (Å²) >= 11 is 0. The first-order valence-corrected chi connectivity index (χ1v) is 9.03. The Balaban J connectivity index is 1.58. The Morgan fingerprint density at radius 3 is 2.78 bits per heavy atom. The third kappa shape index (κ3) is 4.05. The Labute approximate surface area is 139 Å². The molecule has 23 heavy (non-hydrogen) atoms. The Kier molecular flexibility index (Phi) is 5.55. The van der Waals surface area contributed by atoms with Crippen LogP contribution in [0.3, 0.4) is 0 Å². The largest absolute Gasteiger partial charge is 0.493 e. The minimum atomic E-state index is 0.0810. The molecule has 0 bridgehead atoms. The van der Waals surface area contributed by atoms with Gasteiger partial charge in [0.05, 0.1) is 19.2 Å². The van der Waals surface area contributed by atoms with E-state index >= 15 is 0 Å². The number of likely N-dealkylation sites (N-methyl/N-ethyl adjacent to an activating group) is 1. The van der Waals surface area contributed by atoms with E-state index in [0.29, 0.717) is 19.2 Å². The molecule has 1 aliphatic heterocycles. The third-order valence-corrected chi connectivity index (χ3v) is 5.14. The summed E-state index contributed by atoms with van der Waals surface area (Å²) < 4.78 is 5.67. The quantitative estimate of drug-likeness (QED) is 0.906. The minimum absolute atomic E-state index is 0.0810. The average Bonchev–Trinajstić information content (AvgIpc) is 2.61. The molecular formula is C19H28N2O2. The lowest BCUT2D eigenvalue weighted by atomic mass is 9.94. The summed E-state index contributed by atoms with van der Waals surface area (Å²) in [4.78, 5) is 14.9. The van der Waals surface area contributed by atoms with Crippen LogP contribution in [0.1, 0.15) is 57.1 Å². The molecule has 1 heterocycles. The van der Waals surface area contributed by atoms with Crippen molar-refractivity contribution >= 4 is 5.91 Å². The zero-order chi connectivity index (χ0) is 16.1. The highest BCUT2D eigenvalue weighted by Crippen LogP contribution is 2.31. The first-order chi connectivity index (χ1) is 11.3. The van der Waals surface area contributed by atoms with E-state index < -0.39 is 0 Å². The van der Waals surface area contributed by atoms with Gasteiger partial charge in [-0.25, -0.2) is 0 Å². The highest BCUT2D eigenvalue weighted by Gasteiger charge is 2.25. The van der Waals surface area contributed by atoms with Crippen molar-refractivity contribution in [1.29, 1.82) is 0 Å². The van der Waals surface area contributed by atoms with E-state index in [-0.39, 0.29) is 11.9 Å². The van der Waals surface area contributed by atoms with Crippen molar-refractivity contribution in [3.63, 3.8) is 0 Å². The lowest BCUT2D eigenvalue weighted by molar-refractivity contribution is -0.123. The molecule has 4 heteroatoms. The number of carbonyl (C=O) groups is 1. The number of para-hydroxylation sites is 1. The normalized spacial score (nSPS) is 21.6. The maximum atomic E-state index is 12.5. The first-order valence-electron chi connectivity index (χ1n) is 9.03.